The molecule has 0 aromatic rings. The van der Waals surface area contributed by atoms with E-state index in [2.05, 4.69) is 11.0 Å². The minimum Gasteiger partial charge on any atom is -0.306 e. The zero-order valence-electron chi connectivity index (χ0n) is 8.21. The summed E-state index contributed by atoms with van der Waals surface area (Å²) in [5, 5.41) is 0. The number of hydrogen-bond acceptors (Lipinski definition) is 5. The van der Waals surface area contributed by atoms with E-state index in [4.69, 9.17) is 0 Å². The van der Waals surface area contributed by atoms with Crippen LogP contribution in [0.3, 0.4) is 0 Å². The third kappa shape index (κ3) is 5.50. The van der Waals surface area contributed by atoms with Gasteiger partial charge < -0.3 is 9.59 Å². The first-order chi connectivity index (χ1) is 5.99. The molecular weight excluding hydrogens is 206 g/mol. The van der Waals surface area contributed by atoms with Crippen molar-refractivity contribution in [2.75, 3.05) is 13.7 Å². The first kappa shape index (κ1) is 13.2. The van der Waals surface area contributed by atoms with Gasteiger partial charge in [-0.2, -0.15) is 10.1 Å². The lowest BCUT2D eigenvalue weighted by Crippen LogP contribution is -2.38. The summed E-state index contributed by atoms with van der Waals surface area (Å²) in [4.78, 5) is 21.9. The maximum atomic E-state index is 11.1. The first-order valence-corrected chi connectivity index (χ1v) is 6.42. The molecule has 0 saturated heterocycles. The van der Waals surface area contributed by atoms with Gasteiger partial charge in [-0.05, 0) is 13.7 Å². The predicted molar refractivity (Wildman–Crippen MR) is 63.1 cm³/mol. The third-order valence-electron chi connectivity index (χ3n) is 1.24. The van der Waals surface area contributed by atoms with Crippen molar-refractivity contribution < 1.29 is 9.59 Å². The van der Waals surface area contributed by atoms with Crippen molar-refractivity contribution in [1.29, 1.82) is 0 Å². The van der Waals surface area contributed by atoms with E-state index < -0.39 is 8.07 Å². The molecule has 5 nitrogen and oxygen atoms in total. The quantitative estimate of drug-likeness (QED) is 0.342. The van der Waals surface area contributed by atoms with Gasteiger partial charge in [0.15, 0.2) is 15.7 Å². The number of carbonyl (C=O) groups excluding carboxylic acids is 2. The molecule has 0 aromatic heterocycles. The van der Waals surface area contributed by atoms with Gasteiger partial charge >= 0.3 is 0 Å². The van der Waals surface area contributed by atoms with E-state index >= 15 is 0 Å². The summed E-state index contributed by atoms with van der Waals surface area (Å²) in [6, 6.07) is 0. The average Bonchev–Trinajstić information content (AvgIpc) is 2.01. The summed E-state index contributed by atoms with van der Waals surface area (Å²) in [5.41, 5.74) is 5.62. The zero-order valence-corrected chi connectivity index (χ0v) is 10.1. The van der Waals surface area contributed by atoms with Crippen LogP contribution in [0.2, 0.25) is 0 Å². The Morgan fingerprint density at radius 1 is 1.46 bits per heavy atom. The van der Waals surface area contributed by atoms with Crippen molar-refractivity contribution in [3.8, 4) is 0 Å². The molecule has 0 spiro atoms. The molecule has 0 bridgehead atoms. The minimum absolute atomic E-state index is 0.0115. The van der Waals surface area contributed by atoms with Crippen LogP contribution in [-0.2, 0) is 0 Å². The highest BCUT2D eigenvalue weighted by molar-refractivity contribution is 7.83. The predicted octanol–water partition coefficient (Wildman–Crippen LogP) is -0.946. The van der Waals surface area contributed by atoms with Gasteiger partial charge in [0.2, 0.25) is 0 Å². The second-order valence-corrected chi connectivity index (χ2v) is 6.21. The fraction of sp³-hybridized carbons (Fsp3) is 0.500. The van der Waals surface area contributed by atoms with Crippen LogP contribution in [0.4, 0.5) is 9.59 Å². The highest BCUT2D eigenvalue weighted by atomic mass is 31.2. The van der Waals surface area contributed by atoms with Gasteiger partial charge in [-0.15, -0.1) is 0 Å². The molecule has 13 heavy (non-hydrogen) atoms. The molecule has 0 saturated carbocycles. The van der Waals surface area contributed by atoms with Crippen LogP contribution in [0.15, 0.2) is 0 Å². The summed E-state index contributed by atoms with van der Waals surface area (Å²) in [7, 11) is 3.79. The number of rotatable bonds is 6. The van der Waals surface area contributed by atoms with E-state index in [1.165, 1.54) is 15.7 Å². The molecule has 2 unspecified atom stereocenters. The van der Waals surface area contributed by atoms with Gasteiger partial charge in [-0.3, -0.25) is 0 Å². The minimum atomic E-state index is -0.929. The highest BCUT2D eigenvalue weighted by Gasteiger charge is 2.17. The van der Waals surface area contributed by atoms with Gasteiger partial charge in [0, 0.05) is 16.8 Å². The van der Waals surface area contributed by atoms with E-state index in [9.17, 15) is 9.59 Å². The summed E-state index contributed by atoms with van der Waals surface area (Å²) in [5.74, 6) is 0. The van der Waals surface area contributed by atoms with Crippen LogP contribution in [0.5, 0.6) is 0 Å². The maximum absolute atomic E-state index is 11.1. The van der Waals surface area contributed by atoms with Crippen LogP contribution >= 0.6 is 16.8 Å². The lowest BCUT2D eigenvalue weighted by Gasteiger charge is -2.25. The SMILES string of the molecule is BC(=O)PN(NNC)P(C)C(B)=O. The summed E-state index contributed by atoms with van der Waals surface area (Å²) < 4.78 is 1.65. The summed E-state index contributed by atoms with van der Waals surface area (Å²) in [6.07, 6.45) is 0. The van der Waals surface area contributed by atoms with Gasteiger partial charge in [0.25, 0.3) is 0 Å². The fourth-order valence-electron chi connectivity index (χ4n) is 0.574. The number of nitrogens with one attached hydrogen (secondary N) is 2. The van der Waals surface area contributed by atoms with E-state index in [1.807, 2.05) is 6.66 Å². The molecule has 2 N–H and O–H groups in total. The molecule has 2 atom stereocenters. The van der Waals surface area contributed by atoms with Crippen molar-refractivity contribution in [1.82, 2.24) is 15.5 Å². The number of nitrogens with zero attached hydrogens (tertiary/aromatic N) is 1. The summed E-state index contributed by atoms with van der Waals surface area (Å²) >= 11 is 0. The van der Waals surface area contributed by atoms with Crippen LogP contribution < -0.4 is 11.0 Å². The zero-order chi connectivity index (χ0) is 10.4. The Labute approximate surface area is 82.8 Å². The van der Waals surface area contributed by atoms with Crippen molar-refractivity contribution >= 4 is 43.3 Å². The number of hydrazine groups is 2. The van der Waals surface area contributed by atoms with Gasteiger partial charge in [-0.1, -0.05) is 0 Å². The van der Waals surface area contributed by atoms with Crippen LogP contribution in [0.25, 0.3) is 0 Å². The molecule has 0 aromatic carbocycles. The van der Waals surface area contributed by atoms with Crippen molar-refractivity contribution in [2.45, 2.75) is 0 Å². The fourth-order valence-corrected chi connectivity index (χ4v) is 3.02. The molecule has 0 radical (unpaired) electrons. The second-order valence-electron chi connectivity index (χ2n) is 2.38. The number of carbonyl (C=O) groups is 2. The van der Waals surface area contributed by atoms with Gasteiger partial charge in [-0.25, -0.2) is 5.43 Å². The van der Waals surface area contributed by atoms with Crippen molar-refractivity contribution in [3.63, 3.8) is 0 Å². The number of hydrogen-bond donors (Lipinski definition) is 2. The third-order valence-corrected chi connectivity index (χ3v) is 4.69. The first-order valence-electron chi connectivity index (χ1n) is 3.73. The topological polar surface area (TPSA) is 61.4 Å². The Bertz CT molecular complexity index is 206. The average molecular weight is 219 g/mol. The van der Waals surface area contributed by atoms with Gasteiger partial charge in [0.1, 0.15) is 10.8 Å². The normalized spacial score (nSPS) is 13.8. The van der Waals surface area contributed by atoms with E-state index in [-0.39, 0.29) is 19.6 Å². The Morgan fingerprint density at radius 2 is 2.00 bits per heavy atom. The lowest BCUT2D eigenvalue weighted by molar-refractivity contribution is 0.273. The van der Waals surface area contributed by atoms with Crippen molar-refractivity contribution in [2.24, 2.45) is 0 Å². The largest absolute Gasteiger partial charge is 0.306 e. The molecule has 9 heteroatoms. The molecule has 0 aliphatic rings. The van der Waals surface area contributed by atoms with Crippen LogP contribution in [0, 0.1) is 0 Å². The Hall–Kier alpha value is 0.210. The van der Waals surface area contributed by atoms with Gasteiger partial charge in [0.05, 0.1) is 0 Å². The molecule has 0 heterocycles. The molecule has 0 rings (SSSR count). The van der Waals surface area contributed by atoms with E-state index in [0.29, 0.717) is 0 Å². The highest BCUT2D eigenvalue weighted by Crippen LogP contribution is 2.42. The molecule has 0 amide bonds. The van der Waals surface area contributed by atoms with Crippen LogP contribution in [-0.4, -0.2) is 44.8 Å². The summed E-state index contributed by atoms with van der Waals surface area (Å²) in [6.45, 7) is 1.82. The Morgan fingerprint density at radius 3 is 2.31 bits per heavy atom. The Balaban J connectivity index is 4.22. The second kappa shape index (κ2) is 6.63. The lowest BCUT2D eigenvalue weighted by atomic mass is 10.2. The van der Waals surface area contributed by atoms with E-state index in [1.54, 1.807) is 11.6 Å². The smallest absolute Gasteiger partial charge is 0.195 e. The molecule has 72 valence electrons. The monoisotopic (exact) mass is 219 g/mol. The Kier molecular flexibility index (Phi) is 6.74. The van der Waals surface area contributed by atoms with E-state index in [0.717, 1.165) is 0 Å². The van der Waals surface area contributed by atoms with Crippen LogP contribution in [0.1, 0.15) is 0 Å². The standard InChI is InChI=1S/C4H13B2N3O2P2/c1-7-8-9(12-3(5)10)13(2)4(6)11/h7-8,12H,5-6H2,1-2H3. The molecule has 0 aliphatic heterocycles. The maximum Gasteiger partial charge on any atom is 0.195 e. The molecule has 0 fully saturated rings. The molecular formula is C4H13B2N3O2P2. The van der Waals surface area contributed by atoms with Crippen molar-refractivity contribution in [3.05, 3.63) is 0 Å². The molecule has 0 aliphatic carbocycles.